The van der Waals surface area contributed by atoms with Gasteiger partial charge in [-0.1, -0.05) is 0 Å². The summed E-state index contributed by atoms with van der Waals surface area (Å²) in [6.07, 6.45) is 3.43. The fourth-order valence-electron chi connectivity index (χ4n) is 3.30. The molecule has 0 atom stereocenters. The molecule has 0 bridgehead atoms. The van der Waals surface area contributed by atoms with E-state index in [2.05, 4.69) is 15.0 Å². The van der Waals surface area contributed by atoms with Crippen molar-refractivity contribution in [2.24, 2.45) is 0 Å². The van der Waals surface area contributed by atoms with Gasteiger partial charge in [-0.3, -0.25) is 9.59 Å². The Bertz CT molecular complexity index is 1000. The highest BCUT2D eigenvalue weighted by molar-refractivity contribution is 5.98. The second-order valence-electron chi connectivity index (χ2n) is 6.78. The van der Waals surface area contributed by atoms with Crippen molar-refractivity contribution in [2.45, 2.75) is 13.8 Å². The lowest BCUT2D eigenvalue weighted by atomic mass is 10.1. The first kappa shape index (κ1) is 17.2. The summed E-state index contributed by atoms with van der Waals surface area (Å²) in [4.78, 5) is 40.8. The highest BCUT2D eigenvalue weighted by Gasteiger charge is 2.25. The lowest BCUT2D eigenvalue weighted by Crippen LogP contribution is -2.50. The van der Waals surface area contributed by atoms with Gasteiger partial charge < -0.3 is 14.8 Å². The number of nitrogens with zero attached hydrogens (tertiary/aromatic N) is 4. The fourth-order valence-corrected chi connectivity index (χ4v) is 3.30. The largest absolute Gasteiger partial charge is 0.367 e. The minimum atomic E-state index is -0.0364. The molecular weight excluding hydrogens is 342 g/mol. The van der Waals surface area contributed by atoms with E-state index in [0.29, 0.717) is 37.3 Å². The summed E-state index contributed by atoms with van der Waals surface area (Å²) in [6.45, 7) is 5.94. The Morgan fingerprint density at radius 1 is 0.852 bits per heavy atom. The SMILES string of the molecule is Cc1nc2ccc(C(=O)N3CCN(C(=O)c4cc[nH]c4)CC3)cc2nc1C. The van der Waals surface area contributed by atoms with Crippen molar-refractivity contribution in [3.05, 3.63) is 59.2 Å². The minimum absolute atomic E-state index is 0.00447. The van der Waals surface area contributed by atoms with Crippen LogP contribution < -0.4 is 0 Å². The van der Waals surface area contributed by atoms with Crippen molar-refractivity contribution in [3.63, 3.8) is 0 Å². The second-order valence-corrected chi connectivity index (χ2v) is 6.78. The zero-order valence-electron chi connectivity index (χ0n) is 15.4. The maximum absolute atomic E-state index is 12.9. The van der Waals surface area contributed by atoms with E-state index in [-0.39, 0.29) is 11.8 Å². The molecule has 1 aliphatic heterocycles. The number of aromatic amines is 1. The number of benzene rings is 1. The monoisotopic (exact) mass is 363 g/mol. The summed E-state index contributed by atoms with van der Waals surface area (Å²) < 4.78 is 0. The van der Waals surface area contributed by atoms with Gasteiger partial charge in [0.2, 0.25) is 0 Å². The zero-order valence-corrected chi connectivity index (χ0v) is 15.4. The van der Waals surface area contributed by atoms with Gasteiger partial charge in [-0.2, -0.15) is 0 Å². The van der Waals surface area contributed by atoms with Gasteiger partial charge in [0.1, 0.15) is 0 Å². The lowest BCUT2D eigenvalue weighted by molar-refractivity contribution is 0.0535. The summed E-state index contributed by atoms with van der Waals surface area (Å²) in [5.74, 6) is -0.0409. The van der Waals surface area contributed by atoms with Crippen LogP contribution in [0.25, 0.3) is 11.0 Å². The molecule has 3 aromatic rings. The van der Waals surface area contributed by atoms with Crippen LogP contribution in [-0.4, -0.2) is 62.7 Å². The number of nitrogens with one attached hydrogen (secondary N) is 1. The number of rotatable bonds is 2. The van der Waals surface area contributed by atoms with Crippen LogP contribution in [0.2, 0.25) is 0 Å². The van der Waals surface area contributed by atoms with Gasteiger partial charge in [0, 0.05) is 44.1 Å². The molecule has 2 amide bonds. The molecule has 27 heavy (non-hydrogen) atoms. The van der Waals surface area contributed by atoms with E-state index in [0.717, 1.165) is 22.4 Å². The number of aromatic nitrogens is 3. The third-order valence-electron chi connectivity index (χ3n) is 5.02. The van der Waals surface area contributed by atoms with Crippen molar-refractivity contribution in [1.29, 1.82) is 0 Å². The van der Waals surface area contributed by atoms with E-state index in [9.17, 15) is 9.59 Å². The molecule has 138 valence electrons. The van der Waals surface area contributed by atoms with E-state index in [1.54, 1.807) is 40.4 Å². The summed E-state index contributed by atoms with van der Waals surface area (Å²) in [6, 6.07) is 7.20. The standard InChI is InChI=1S/C20H21N5O2/c1-13-14(2)23-18-11-15(3-4-17(18)22-13)19(26)24-7-9-25(10-8-24)20(27)16-5-6-21-12-16/h3-6,11-12,21H,7-10H2,1-2H3. The number of H-pyrrole nitrogens is 1. The van der Waals surface area contributed by atoms with Gasteiger partial charge >= 0.3 is 0 Å². The molecule has 1 aromatic carbocycles. The van der Waals surface area contributed by atoms with E-state index >= 15 is 0 Å². The first-order valence-electron chi connectivity index (χ1n) is 8.99. The Kier molecular flexibility index (Phi) is 4.35. The van der Waals surface area contributed by atoms with Crippen LogP contribution in [0, 0.1) is 13.8 Å². The Balaban J connectivity index is 1.47. The molecule has 2 aromatic heterocycles. The zero-order chi connectivity index (χ0) is 19.0. The Morgan fingerprint density at radius 2 is 1.44 bits per heavy atom. The van der Waals surface area contributed by atoms with Crippen LogP contribution in [0.4, 0.5) is 0 Å². The van der Waals surface area contributed by atoms with Crippen molar-refractivity contribution < 1.29 is 9.59 Å². The smallest absolute Gasteiger partial charge is 0.255 e. The molecule has 4 rings (SSSR count). The second kappa shape index (κ2) is 6.83. The van der Waals surface area contributed by atoms with Crippen molar-refractivity contribution in [3.8, 4) is 0 Å². The van der Waals surface area contributed by atoms with Crippen LogP contribution in [0.3, 0.4) is 0 Å². The van der Waals surface area contributed by atoms with Gasteiger partial charge in [0.15, 0.2) is 0 Å². The Morgan fingerprint density at radius 3 is 2.04 bits per heavy atom. The van der Waals surface area contributed by atoms with E-state index in [1.165, 1.54) is 0 Å². The van der Waals surface area contributed by atoms with Crippen LogP contribution in [0.15, 0.2) is 36.7 Å². The molecule has 0 spiro atoms. The Hall–Kier alpha value is -3.22. The number of piperazine rings is 1. The summed E-state index contributed by atoms with van der Waals surface area (Å²) in [7, 11) is 0. The molecule has 0 saturated carbocycles. The van der Waals surface area contributed by atoms with Crippen molar-refractivity contribution in [2.75, 3.05) is 26.2 Å². The molecule has 1 fully saturated rings. The first-order chi connectivity index (χ1) is 13.0. The fraction of sp³-hybridized carbons (Fsp3) is 0.300. The molecule has 0 radical (unpaired) electrons. The highest BCUT2D eigenvalue weighted by atomic mass is 16.2. The van der Waals surface area contributed by atoms with E-state index in [1.807, 2.05) is 19.9 Å². The van der Waals surface area contributed by atoms with Gasteiger partial charge in [0.05, 0.1) is 28.0 Å². The van der Waals surface area contributed by atoms with Gasteiger partial charge in [0.25, 0.3) is 11.8 Å². The van der Waals surface area contributed by atoms with Crippen molar-refractivity contribution >= 4 is 22.8 Å². The summed E-state index contributed by atoms with van der Waals surface area (Å²) in [5, 5.41) is 0. The quantitative estimate of drug-likeness (QED) is 0.756. The van der Waals surface area contributed by atoms with E-state index < -0.39 is 0 Å². The first-order valence-corrected chi connectivity index (χ1v) is 8.99. The predicted octanol–water partition coefficient (Wildman–Crippen LogP) is 2.17. The molecular formula is C20H21N5O2. The predicted molar refractivity (Wildman–Crippen MR) is 102 cm³/mol. The summed E-state index contributed by atoms with van der Waals surface area (Å²) >= 11 is 0. The molecule has 0 aliphatic carbocycles. The average molecular weight is 363 g/mol. The number of fused-ring (bicyclic) bond motifs is 1. The molecule has 1 saturated heterocycles. The van der Waals surface area contributed by atoms with Crippen LogP contribution in [-0.2, 0) is 0 Å². The van der Waals surface area contributed by atoms with Gasteiger partial charge in [-0.15, -0.1) is 0 Å². The molecule has 1 aliphatic rings. The van der Waals surface area contributed by atoms with Crippen molar-refractivity contribution in [1.82, 2.24) is 24.8 Å². The lowest BCUT2D eigenvalue weighted by Gasteiger charge is -2.34. The third-order valence-corrected chi connectivity index (χ3v) is 5.02. The van der Waals surface area contributed by atoms with Crippen LogP contribution >= 0.6 is 0 Å². The molecule has 7 nitrogen and oxygen atoms in total. The van der Waals surface area contributed by atoms with Crippen LogP contribution in [0.1, 0.15) is 32.1 Å². The number of carbonyl (C=O) groups is 2. The van der Waals surface area contributed by atoms with E-state index in [4.69, 9.17) is 0 Å². The molecule has 0 unspecified atom stereocenters. The number of amides is 2. The third kappa shape index (κ3) is 3.28. The molecule has 7 heteroatoms. The topological polar surface area (TPSA) is 82.2 Å². The maximum Gasteiger partial charge on any atom is 0.255 e. The number of aryl methyl sites for hydroxylation is 2. The molecule has 1 N–H and O–H groups in total. The highest BCUT2D eigenvalue weighted by Crippen LogP contribution is 2.17. The molecule has 3 heterocycles. The minimum Gasteiger partial charge on any atom is -0.367 e. The summed E-state index contributed by atoms with van der Waals surface area (Å²) in [5.41, 5.74) is 4.52. The number of hydrogen-bond donors (Lipinski definition) is 1. The average Bonchev–Trinajstić information content (AvgIpc) is 3.22. The number of carbonyl (C=O) groups excluding carboxylic acids is 2. The van der Waals surface area contributed by atoms with Crippen LogP contribution in [0.5, 0.6) is 0 Å². The van der Waals surface area contributed by atoms with Gasteiger partial charge in [-0.05, 0) is 38.1 Å². The normalized spacial score (nSPS) is 14.6. The Labute approximate surface area is 157 Å². The number of hydrogen-bond acceptors (Lipinski definition) is 4. The maximum atomic E-state index is 12.9. The van der Waals surface area contributed by atoms with Gasteiger partial charge in [-0.25, -0.2) is 9.97 Å².